The second-order valence-corrected chi connectivity index (χ2v) is 5.67. The number of carbonyl (C=O) groups excluding carboxylic acids is 1. The van der Waals surface area contributed by atoms with Crippen molar-refractivity contribution in [3.8, 4) is 0 Å². The number of benzene rings is 1. The maximum absolute atomic E-state index is 12.5. The first kappa shape index (κ1) is 13.8. The van der Waals surface area contributed by atoms with Crippen LogP contribution in [0.15, 0.2) is 24.3 Å². The smallest absolute Gasteiger partial charge is 0.272 e. The monoisotopic (exact) mass is 294 g/mol. The van der Waals surface area contributed by atoms with Crippen molar-refractivity contribution in [3.63, 3.8) is 0 Å². The summed E-state index contributed by atoms with van der Waals surface area (Å²) in [5.74, 6) is -0.702. The number of hydrogen-bond acceptors (Lipinski definition) is 3. The molecule has 19 heavy (non-hydrogen) atoms. The number of alkyl halides is 3. The lowest BCUT2D eigenvalue weighted by Crippen LogP contribution is -2.29. The van der Waals surface area contributed by atoms with Gasteiger partial charge in [-0.05, 0) is 11.6 Å². The molecule has 2 rings (SSSR count). The number of amides is 1. The van der Waals surface area contributed by atoms with Crippen LogP contribution in [0.5, 0.6) is 0 Å². The number of carbonyl (C=O) groups is 1. The Morgan fingerprint density at radius 1 is 1.32 bits per heavy atom. The lowest BCUT2D eigenvalue weighted by atomic mass is 10.1. The summed E-state index contributed by atoms with van der Waals surface area (Å²) in [6.45, 7) is -0.677. The van der Waals surface area contributed by atoms with Crippen molar-refractivity contribution in [2.24, 2.45) is 0 Å². The Bertz CT molecular complexity index is 613. The zero-order chi connectivity index (χ0) is 14.3. The molecule has 1 N–H and O–H groups in total. The summed E-state index contributed by atoms with van der Waals surface area (Å²) in [7, 11) is -3.93. The van der Waals surface area contributed by atoms with Gasteiger partial charge in [0.2, 0.25) is 5.91 Å². The molecule has 5 nitrogen and oxygen atoms in total. The van der Waals surface area contributed by atoms with Gasteiger partial charge in [0.25, 0.3) is 0 Å². The molecule has 0 radical (unpaired) electrons. The van der Waals surface area contributed by atoms with E-state index < -0.39 is 34.4 Å². The standard InChI is InChI=1S/C10H9F3N2O3S/c11-10(12,13)8-3-1-2-7(4-8)5-15-6-9(16)14-19(15,17)18/h1-4H,5-6H2,(H,14,16). The fraction of sp³-hybridized carbons (Fsp3) is 0.300. The van der Waals surface area contributed by atoms with E-state index in [0.717, 1.165) is 16.4 Å². The maximum atomic E-state index is 12.5. The summed E-state index contributed by atoms with van der Waals surface area (Å²) in [4.78, 5) is 11.0. The van der Waals surface area contributed by atoms with E-state index in [0.29, 0.717) is 0 Å². The van der Waals surface area contributed by atoms with Crippen molar-refractivity contribution in [2.75, 3.05) is 6.54 Å². The van der Waals surface area contributed by atoms with Crippen LogP contribution >= 0.6 is 0 Å². The van der Waals surface area contributed by atoms with Crippen LogP contribution in [0.2, 0.25) is 0 Å². The van der Waals surface area contributed by atoms with Crippen LogP contribution in [0.1, 0.15) is 11.1 Å². The van der Waals surface area contributed by atoms with Gasteiger partial charge >= 0.3 is 16.4 Å². The zero-order valence-electron chi connectivity index (χ0n) is 9.44. The minimum absolute atomic E-state index is 0.162. The first-order chi connectivity index (χ1) is 8.68. The molecular formula is C10H9F3N2O3S. The SMILES string of the molecule is O=C1CN(Cc2cccc(C(F)(F)F)c2)S(=O)(=O)N1. The third kappa shape index (κ3) is 3.04. The van der Waals surface area contributed by atoms with Crippen molar-refractivity contribution in [1.29, 1.82) is 0 Å². The molecule has 1 saturated heterocycles. The Morgan fingerprint density at radius 3 is 2.53 bits per heavy atom. The molecule has 0 aromatic heterocycles. The third-order valence-corrected chi connectivity index (χ3v) is 3.94. The van der Waals surface area contributed by atoms with E-state index in [4.69, 9.17) is 0 Å². The molecule has 1 heterocycles. The molecular weight excluding hydrogens is 285 g/mol. The van der Waals surface area contributed by atoms with Gasteiger partial charge in [-0.2, -0.15) is 25.9 Å². The molecule has 104 valence electrons. The normalized spacial score (nSPS) is 19.4. The summed E-state index contributed by atoms with van der Waals surface area (Å²) < 4.78 is 62.9. The average molecular weight is 294 g/mol. The van der Waals surface area contributed by atoms with Crippen LogP contribution in [-0.4, -0.2) is 25.2 Å². The van der Waals surface area contributed by atoms with Gasteiger partial charge in [0.05, 0.1) is 12.1 Å². The highest BCUT2D eigenvalue weighted by Gasteiger charge is 2.34. The first-order valence-corrected chi connectivity index (χ1v) is 6.59. The van der Waals surface area contributed by atoms with E-state index in [9.17, 15) is 26.4 Å². The lowest BCUT2D eigenvalue weighted by molar-refractivity contribution is -0.137. The fourth-order valence-corrected chi connectivity index (χ4v) is 2.76. The van der Waals surface area contributed by atoms with Gasteiger partial charge in [0.1, 0.15) is 0 Å². The molecule has 1 aliphatic rings. The highest BCUT2D eigenvalue weighted by Crippen LogP contribution is 2.30. The number of nitrogens with zero attached hydrogens (tertiary/aromatic N) is 1. The predicted molar refractivity (Wildman–Crippen MR) is 58.9 cm³/mol. The molecule has 0 atom stereocenters. The first-order valence-electron chi connectivity index (χ1n) is 5.15. The fourth-order valence-electron chi connectivity index (χ4n) is 1.68. The van der Waals surface area contributed by atoms with Crippen molar-refractivity contribution < 1.29 is 26.4 Å². The molecule has 1 fully saturated rings. The van der Waals surface area contributed by atoms with E-state index in [2.05, 4.69) is 0 Å². The van der Waals surface area contributed by atoms with E-state index in [1.54, 1.807) is 4.72 Å². The van der Waals surface area contributed by atoms with Crippen molar-refractivity contribution in [3.05, 3.63) is 35.4 Å². The minimum Gasteiger partial charge on any atom is -0.272 e. The Hall–Kier alpha value is -1.61. The second kappa shape index (κ2) is 4.49. The van der Waals surface area contributed by atoms with Crippen LogP contribution in [0, 0.1) is 0 Å². The van der Waals surface area contributed by atoms with Gasteiger partial charge < -0.3 is 0 Å². The number of hydrogen-bond donors (Lipinski definition) is 1. The van der Waals surface area contributed by atoms with Crippen LogP contribution < -0.4 is 4.72 Å². The van der Waals surface area contributed by atoms with Crippen molar-refractivity contribution in [2.45, 2.75) is 12.7 Å². The van der Waals surface area contributed by atoms with E-state index in [-0.39, 0.29) is 12.1 Å². The molecule has 0 unspecified atom stereocenters. The average Bonchev–Trinajstić information content (AvgIpc) is 2.51. The minimum atomic E-state index is -4.49. The van der Waals surface area contributed by atoms with Crippen LogP contribution in [0.3, 0.4) is 0 Å². The summed E-state index contributed by atoms with van der Waals surface area (Å²) in [5.41, 5.74) is -0.698. The molecule has 0 saturated carbocycles. The Balaban J connectivity index is 2.23. The maximum Gasteiger partial charge on any atom is 0.416 e. The van der Waals surface area contributed by atoms with Gasteiger partial charge in [0.15, 0.2) is 0 Å². The summed E-state index contributed by atoms with van der Waals surface area (Å²) in [6.07, 6.45) is -4.49. The molecule has 1 aliphatic heterocycles. The van der Waals surface area contributed by atoms with Gasteiger partial charge in [-0.25, -0.2) is 4.72 Å². The zero-order valence-corrected chi connectivity index (χ0v) is 10.3. The molecule has 0 bridgehead atoms. The van der Waals surface area contributed by atoms with Gasteiger partial charge in [-0.3, -0.25) is 4.79 Å². The highest BCUT2D eigenvalue weighted by molar-refractivity contribution is 7.88. The van der Waals surface area contributed by atoms with E-state index >= 15 is 0 Å². The van der Waals surface area contributed by atoms with E-state index in [1.807, 2.05) is 0 Å². The van der Waals surface area contributed by atoms with Crippen molar-refractivity contribution in [1.82, 2.24) is 9.03 Å². The Labute approximate surface area is 107 Å². The number of halogens is 3. The van der Waals surface area contributed by atoms with Crippen LogP contribution in [0.25, 0.3) is 0 Å². The quantitative estimate of drug-likeness (QED) is 0.880. The van der Waals surface area contributed by atoms with Crippen molar-refractivity contribution >= 4 is 16.1 Å². The van der Waals surface area contributed by atoms with E-state index in [1.165, 1.54) is 12.1 Å². The highest BCUT2D eigenvalue weighted by atomic mass is 32.2. The molecule has 1 aromatic rings. The van der Waals surface area contributed by atoms with Gasteiger partial charge in [0, 0.05) is 6.54 Å². The lowest BCUT2D eigenvalue weighted by Gasteiger charge is -2.13. The second-order valence-electron chi connectivity index (χ2n) is 4.00. The molecule has 1 amide bonds. The van der Waals surface area contributed by atoms with Crippen LogP contribution in [0.4, 0.5) is 13.2 Å². The number of rotatable bonds is 2. The van der Waals surface area contributed by atoms with Crippen LogP contribution in [-0.2, 0) is 27.7 Å². The van der Waals surface area contributed by atoms with Gasteiger partial charge in [-0.1, -0.05) is 18.2 Å². The summed E-state index contributed by atoms with van der Waals surface area (Å²) >= 11 is 0. The molecule has 1 aromatic carbocycles. The molecule has 0 aliphatic carbocycles. The topological polar surface area (TPSA) is 66.5 Å². The largest absolute Gasteiger partial charge is 0.416 e. The molecule has 9 heteroatoms. The Morgan fingerprint density at radius 2 is 2.00 bits per heavy atom. The summed E-state index contributed by atoms with van der Waals surface area (Å²) in [6, 6.07) is 4.31. The summed E-state index contributed by atoms with van der Waals surface area (Å²) in [5, 5.41) is 0. The van der Waals surface area contributed by atoms with Gasteiger partial charge in [-0.15, -0.1) is 0 Å². The third-order valence-electron chi connectivity index (χ3n) is 2.52. The Kier molecular flexibility index (Phi) is 3.27. The number of nitrogens with one attached hydrogen (secondary N) is 1. The molecule has 0 spiro atoms. The predicted octanol–water partition coefficient (Wildman–Crippen LogP) is 0.882.